The van der Waals surface area contributed by atoms with Gasteiger partial charge in [-0.15, -0.1) is 0 Å². The molecule has 0 aromatic carbocycles. The predicted molar refractivity (Wildman–Crippen MR) is 60.2 cm³/mol. The van der Waals surface area contributed by atoms with Gasteiger partial charge in [-0.05, 0) is 31.1 Å². The molecule has 0 aromatic rings. The molecular formula is C10H16IN. The normalized spacial score (nSPS) is 32.9. The van der Waals surface area contributed by atoms with Gasteiger partial charge >= 0.3 is 0 Å². The first-order valence-electron chi connectivity index (χ1n) is 4.93. The number of nitrogens with zero attached hydrogens (tertiary/aromatic N) is 1. The molecular weight excluding hydrogens is 261 g/mol. The van der Waals surface area contributed by atoms with Crippen LogP contribution in [0.2, 0.25) is 0 Å². The Hall–Kier alpha value is 0.430. The third kappa shape index (κ3) is 2.02. The number of hydrogen-bond acceptors (Lipinski definition) is 1. The van der Waals surface area contributed by atoms with E-state index in [4.69, 9.17) is 0 Å². The van der Waals surface area contributed by atoms with Crippen molar-refractivity contribution < 1.29 is 0 Å². The van der Waals surface area contributed by atoms with Crippen molar-refractivity contribution >= 4 is 22.9 Å². The monoisotopic (exact) mass is 277 g/mol. The molecule has 68 valence electrons. The van der Waals surface area contributed by atoms with Crippen molar-refractivity contribution in [2.75, 3.05) is 13.1 Å². The minimum atomic E-state index is 0.901. The third-order valence-electron chi connectivity index (χ3n) is 3.15. The zero-order valence-electron chi connectivity index (χ0n) is 7.38. The van der Waals surface area contributed by atoms with Crippen LogP contribution in [-0.4, -0.2) is 16.2 Å². The van der Waals surface area contributed by atoms with E-state index >= 15 is 0 Å². The number of hydrogen-bond donors (Lipinski definition) is 0. The van der Waals surface area contributed by atoms with Gasteiger partial charge in [0.2, 0.25) is 0 Å². The van der Waals surface area contributed by atoms with Crippen LogP contribution in [0.15, 0.2) is 12.2 Å². The largest absolute Gasteiger partial charge is 0.244 e. The van der Waals surface area contributed by atoms with Crippen LogP contribution in [0.3, 0.4) is 0 Å². The SMILES string of the molecule is IN1CC=CC(C2CCC2)CC1. The lowest BCUT2D eigenvalue weighted by Gasteiger charge is -2.31. The Labute approximate surface area is 88.7 Å². The Balaban J connectivity index is 1.89. The second-order valence-electron chi connectivity index (χ2n) is 3.94. The molecule has 2 heteroatoms. The molecule has 1 aliphatic heterocycles. The van der Waals surface area contributed by atoms with Gasteiger partial charge in [0, 0.05) is 36.0 Å². The molecule has 0 aromatic heterocycles. The van der Waals surface area contributed by atoms with Gasteiger partial charge in [0.05, 0.1) is 0 Å². The van der Waals surface area contributed by atoms with Gasteiger partial charge in [0.15, 0.2) is 0 Å². The fourth-order valence-corrected chi connectivity index (χ4v) is 2.59. The van der Waals surface area contributed by atoms with Gasteiger partial charge in [-0.3, -0.25) is 0 Å². The Kier molecular flexibility index (Phi) is 3.07. The van der Waals surface area contributed by atoms with E-state index in [0.717, 1.165) is 18.4 Å². The van der Waals surface area contributed by atoms with E-state index < -0.39 is 0 Å². The second-order valence-corrected chi connectivity index (χ2v) is 5.31. The van der Waals surface area contributed by atoms with Crippen LogP contribution in [0.1, 0.15) is 25.7 Å². The summed E-state index contributed by atoms with van der Waals surface area (Å²) < 4.78 is 2.38. The number of rotatable bonds is 1. The molecule has 0 amide bonds. The molecule has 1 nitrogen and oxygen atoms in total. The van der Waals surface area contributed by atoms with E-state index in [2.05, 4.69) is 38.1 Å². The van der Waals surface area contributed by atoms with Gasteiger partial charge in [0.25, 0.3) is 0 Å². The van der Waals surface area contributed by atoms with Crippen molar-refractivity contribution in [3.63, 3.8) is 0 Å². The fourth-order valence-electron chi connectivity index (χ4n) is 2.09. The molecule has 12 heavy (non-hydrogen) atoms. The first-order chi connectivity index (χ1) is 5.86. The Morgan fingerprint density at radius 3 is 2.75 bits per heavy atom. The van der Waals surface area contributed by atoms with Crippen molar-refractivity contribution in [2.24, 2.45) is 11.8 Å². The van der Waals surface area contributed by atoms with Crippen LogP contribution < -0.4 is 0 Å². The van der Waals surface area contributed by atoms with Crippen molar-refractivity contribution in [3.05, 3.63) is 12.2 Å². The molecule has 0 bridgehead atoms. The highest BCUT2D eigenvalue weighted by Gasteiger charge is 2.26. The Morgan fingerprint density at radius 2 is 2.08 bits per heavy atom. The summed E-state index contributed by atoms with van der Waals surface area (Å²) in [5, 5.41) is 0. The van der Waals surface area contributed by atoms with E-state index in [1.54, 1.807) is 0 Å². The Morgan fingerprint density at radius 1 is 1.25 bits per heavy atom. The molecule has 2 rings (SSSR count). The van der Waals surface area contributed by atoms with Crippen molar-refractivity contribution in [3.8, 4) is 0 Å². The van der Waals surface area contributed by atoms with Crippen LogP contribution in [0.25, 0.3) is 0 Å². The van der Waals surface area contributed by atoms with Crippen molar-refractivity contribution in [1.29, 1.82) is 0 Å². The molecule has 1 unspecified atom stereocenters. The molecule has 1 heterocycles. The summed E-state index contributed by atoms with van der Waals surface area (Å²) in [5.74, 6) is 1.93. The third-order valence-corrected chi connectivity index (χ3v) is 4.02. The highest BCUT2D eigenvalue weighted by Crippen LogP contribution is 2.36. The minimum absolute atomic E-state index is 0.901. The van der Waals surface area contributed by atoms with Crippen molar-refractivity contribution in [1.82, 2.24) is 3.11 Å². The summed E-state index contributed by atoms with van der Waals surface area (Å²) in [6, 6.07) is 0. The Bertz CT molecular complexity index is 175. The first kappa shape index (κ1) is 9.00. The van der Waals surface area contributed by atoms with E-state index in [1.807, 2.05) is 0 Å². The zero-order chi connectivity index (χ0) is 8.39. The van der Waals surface area contributed by atoms with Crippen molar-refractivity contribution in [2.45, 2.75) is 25.7 Å². The molecule has 1 aliphatic carbocycles. The van der Waals surface area contributed by atoms with E-state index in [-0.39, 0.29) is 0 Å². The summed E-state index contributed by atoms with van der Waals surface area (Å²) >= 11 is 2.43. The lowest BCUT2D eigenvalue weighted by atomic mass is 9.74. The van der Waals surface area contributed by atoms with E-state index in [0.29, 0.717) is 0 Å². The van der Waals surface area contributed by atoms with Gasteiger partial charge < -0.3 is 0 Å². The first-order valence-corrected chi connectivity index (χ1v) is 5.90. The number of allylic oxidation sites excluding steroid dienone is 1. The molecule has 0 N–H and O–H groups in total. The van der Waals surface area contributed by atoms with Crippen LogP contribution in [-0.2, 0) is 0 Å². The second kappa shape index (κ2) is 4.09. The summed E-state index contributed by atoms with van der Waals surface area (Å²) in [7, 11) is 0. The highest BCUT2D eigenvalue weighted by atomic mass is 127. The van der Waals surface area contributed by atoms with Gasteiger partial charge in [-0.1, -0.05) is 18.6 Å². The van der Waals surface area contributed by atoms with Crippen LogP contribution in [0, 0.1) is 11.8 Å². The standard InChI is InChI=1S/C10H16IN/c11-12-7-2-5-10(6-8-12)9-3-1-4-9/h2,5,9-10H,1,3-4,6-8H2. The molecule has 1 atom stereocenters. The molecule has 0 spiro atoms. The van der Waals surface area contributed by atoms with Crippen LogP contribution >= 0.6 is 22.9 Å². The highest BCUT2D eigenvalue weighted by molar-refractivity contribution is 14.1. The van der Waals surface area contributed by atoms with E-state index in [9.17, 15) is 0 Å². The van der Waals surface area contributed by atoms with E-state index in [1.165, 1.54) is 32.2 Å². The molecule has 1 saturated carbocycles. The fraction of sp³-hybridized carbons (Fsp3) is 0.800. The van der Waals surface area contributed by atoms with Gasteiger partial charge in [-0.2, -0.15) is 0 Å². The lowest BCUT2D eigenvalue weighted by Crippen LogP contribution is -2.22. The molecule has 0 radical (unpaired) electrons. The topological polar surface area (TPSA) is 3.24 Å². The summed E-state index contributed by atoms with van der Waals surface area (Å²) in [5.41, 5.74) is 0. The molecule has 0 saturated heterocycles. The maximum Gasteiger partial charge on any atom is 0.0262 e. The minimum Gasteiger partial charge on any atom is -0.244 e. The van der Waals surface area contributed by atoms with Gasteiger partial charge in [0.1, 0.15) is 0 Å². The average molecular weight is 277 g/mol. The van der Waals surface area contributed by atoms with Gasteiger partial charge in [-0.25, -0.2) is 3.11 Å². The predicted octanol–water partition coefficient (Wildman–Crippen LogP) is 3.01. The number of halogens is 1. The quantitative estimate of drug-likeness (QED) is 0.404. The smallest absolute Gasteiger partial charge is 0.0262 e. The van der Waals surface area contributed by atoms with Crippen LogP contribution in [0.4, 0.5) is 0 Å². The molecule has 2 aliphatic rings. The maximum atomic E-state index is 2.46. The van der Waals surface area contributed by atoms with Crippen LogP contribution in [0.5, 0.6) is 0 Å². The summed E-state index contributed by atoms with van der Waals surface area (Å²) in [6.45, 7) is 2.42. The average Bonchev–Trinajstić information content (AvgIpc) is 2.12. The summed E-state index contributed by atoms with van der Waals surface area (Å²) in [6.07, 6.45) is 10.6. The molecule has 1 fully saturated rings. The lowest BCUT2D eigenvalue weighted by molar-refractivity contribution is 0.230. The maximum absolute atomic E-state index is 2.46. The summed E-state index contributed by atoms with van der Waals surface area (Å²) in [4.78, 5) is 0. The zero-order valence-corrected chi connectivity index (χ0v) is 9.53.